The second-order valence-electron chi connectivity index (χ2n) is 6.04. The van der Waals surface area contributed by atoms with E-state index in [9.17, 15) is 18.0 Å². The Morgan fingerprint density at radius 1 is 1.04 bits per heavy atom. The first-order chi connectivity index (χ1) is 12.1. The standard InChI is InChI=1S/C19H21NO5S/c1-13-10-11-16(26(23,24)20(3)4)12-17(13)19(22)25-14(2)18(21)15-8-6-5-7-9-15/h5-12,14H,1-4H3/t14-/m1/s1. The van der Waals surface area contributed by atoms with Crippen molar-refractivity contribution in [2.45, 2.75) is 24.8 Å². The van der Waals surface area contributed by atoms with E-state index in [1.165, 1.54) is 39.2 Å². The third-order valence-electron chi connectivity index (χ3n) is 3.92. The Labute approximate surface area is 153 Å². The SMILES string of the molecule is Cc1ccc(S(=O)(=O)N(C)C)cc1C(=O)O[C@H](C)C(=O)c1ccccc1. The Bertz CT molecular complexity index is 920. The molecule has 0 aliphatic carbocycles. The zero-order valence-electron chi connectivity index (χ0n) is 15.1. The molecule has 0 bridgehead atoms. The molecule has 0 saturated heterocycles. The summed E-state index contributed by atoms with van der Waals surface area (Å²) >= 11 is 0. The van der Waals surface area contributed by atoms with E-state index in [0.29, 0.717) is 11.1 Å². The van der Waals surface area contributed by atoms with Crippen LogP contribution in [0.3, 0.4) is 0 Å². The third kappa shape index (κ3) is 4.17. The molecule has 138 valence electrons. The first kappa shape index (κ1) is 19.8. The van der Waals surface area contributed by atoms with Gasteiger partial charge in [0.2, 0.25) is 15.8 Å². The first-order valence-corrected chi connectivity index (χ1v) is 9.42. The van der Waals surface area contributed by atoms with Gasteiger partial charge in [0.15, 0.2) is 6.10 Å². The van der Waals surface area contributed by atoms with Gasteiger partial charge in [-0.1, -0.05) is 36.4 Å². The number of benzene rings is 2. The Kier molecular flexibility index (Phi) is 5.94. The van der Waals surface area contributed by atoms with Gasteiger partial charge in [-0.2, -0.15) is 0 Å². The lowest BCUT2D eigenvalue weighted by atomic mass is 10.1. The van der Waals surface area contributed by atoms with Crippen LogP contribution in [0.1, 0.15) is 33.2 Å². The predicted molar refractivity (Wildman–Crippen MR) is 97.7 cm³/mol. The van der Waals surface area contributed by atoms with Crippen LogP contribution in [0.4, 0.5) is 0 Å². The summed E-state index contributed by atoms with van der Waals surface area (Å²) < 4.78 is 30.8. The number of rotatable bonds is 6. The van der Waals surface area contributed by atoms with Gasteiger partial charge in [0.05, 0.1) is 10.5 Å². The summed E-state index contributed by atoms with van der Waals surface area (Å²) in [6, 6.07) is 12.8. The number of carbonyl (C=O) groups excluding carboxylic acids is 2. The number of Topliss-reactive ketones (excluding diaryl/α,β-unsaturated/α-hetero) is 1. The lowest BCUT2D eigenvalue weighted by molar-refractivity contribution is 0.0318. The molecule has 2 aromatic rings. The van der Waals surface area contributed by atoms with Crippen molar-refractivity contribution in [1.82, 2.24) is 4.31 Å². The molecule has 0 amide bonds. The molecule has 0 N–H and O–H groups in total. The van der Waals surface area contributed by atoms with E-state index in [1.807, 2.05) is 0 Å². The number of carbonyl (C=O) groups is 2. The quantitative estimate of drug-likeness (QED) is 0.573. The second-order valence-corrected chi connectivity index (χ2v) is 8.19. The van der Waals surface area contributed by atoms with Gasteiger partial charge in [0.1, 0.15) is 0 Å². The van der Waals surface area contributed by atoms with Crippen molar-refractivity contribution in [2.24, 2.45) is 0 Å². The number of ketones is 1. The van der Waals surface area contributed by atoms with E-state index < -0.39 is 22.1 Å². The van der Waals surface area contributed by atoms with Crippen LogP contribution in [0.15, 0.2) is 53.4 Å². The Balaban J connectivity index is 2.26. The van der Waals surface area contributed by atoms with Crippen LogP contribution in [0.25, 0.3) is 0 Å². The van der Waals surface area contributed by atoms with Crippen LogP contribution >= 0.6 is 0 Å². The van der Waals surface area contributed by atoms with Gasteiger partial charge in [-0.05, 0) is 31.5 Å². The Morgan fingerprint density at radius 2 is 1.65 bits per heavy atom. The normalized spacial score (nSPS) is 12.7. The summed E-state index contributed by atoms with van der Waals surface area (Å²) in [6.45, 7) is 3.16. The lowest BCUT2D eigenvalue weighted by Gasteiger charge is -2.15. The van der Waals surface area contributed by atoms with Crippen LogP contribution in [-0.2, 0) is 14.8 Å². The van der Waals surface area contributed by atoms with Gasteiger partial charge in [-0.25, -0.2) is 17.5 Å². The largest absolute Gasteiger partial charge is 0.451 e. The minimum Gasteiger partial charge on any atom is -0.451 e. The van der Waals surface area contributed by atoms with Gasteiger partial charge in [-0.3, -0.25) is 4.79 Å². The van der Waals surface area contributed by atoms with Crippen molar-refractivity contribution < 1.29 is 22.7 Å². The molecule has 0 heterocycles. The molecule has 6 nitrogen and oxygen atoms in total. The highest BCUT2D eigenvalue weighted by Crippen LogP contribution is 2.20. The lowest BCUT2D eigenvalue weighted by Crippen LogP contribution is -2.25. The van der Waals surface area contributed by atoms with Crippen LogP contribution in [0.2, 0.25) is 0 Å². The second kappa shape index (κ2) is 7.80. The summed E-state index contributed by atoms with van der Waals surface area (Å²) in [7, 11) is -0.858. The highest BCUT2D eigenvalue weighted by Gasteiger charge is 2.24. The number of hydrogen-bond donors (Lipinski definition) is 0. The number of ether oxygens (including phenoxy) is 1. The van der Waals surface area contributed by atoms with Crippen molar-refractivity contribution in [1.29, 1.82) is 0 Å². The molecule has 0 aromatic heterocycles. The Hall–Kier alpha value is -2.51. The fraction of sp³-hybridized carbons (Fsp3) is 0.263. The maximum atomic E-state index is 12.5. The highest BCUT2D eigenvalue weighted by molar-refractivity contribution is 7.89. The van der Waals surface area contributed by atoms with Gasteiger partial charge < -0.3 is 4.74 Å². The van der Waals surface area contributed by atoms with Gasteiger partial charge >= 0.3 is 5.97 Å². The highest BCUT2D eigenvalue weighted by atomic mass is 32.2. The summed E-state index contributed by atoms with van der Waals surface area (Å²) in [4.78, 5) is 24.8. The molecule has 0 fully saturated rings. The number of hydrogen-bond acceptors (Lipinski definition) is 5. The molecular formula is C19H21NO5S. The van der Waals surface area contributed by atoms with Crippen molar-refractivity contribution in [3.8, 4) is 0 Å². The number of esters is 1. The van der Waals surface area contributed by atoms with Crippen LogP contribution < -0.4 is 0 Å². The van der Waals surface area contributed by atoms with Crippen LogP contribution in [-0.4, -0.2) is 44.7 Å². The van der Waals surface area contributed by atoms with E-state index in [0.717, 1.165) is 4.31 Å². The summed E-state index contributed by atoms with van der Waals surface area (Å²) in [6.07, 6.45) is -0.988. The van der Waals surface area contributed by atoms with E-state index in [-0.39, 0.29) is 16.2 Å². The average Bonchev–Trinajstić information content (AvgIpc) is 2.61. The molecular weight excluding hydrogens is 354 g/mol. The molecule has 2 rings (SSSR count). The summed E-state index contributed by atoms with van der Waals surface area (Å²) in [5, 5.41) is 0. The van der Waals surface area contributed by atoms with E-state index in [1.54, 1.807) is 37.3 Å². The van der Waals surface area contributed by atoms with Gasteiger partial charge in [0.25, 0.3) is 0 Å². The minimum absolute atomic E-state index is 0.0120. The van der Waals surface area contributed by atoms with E-state index >= 15 is 0 Å². The van der Waals surface area contributed by atoms with E-state index in [2.05, 4.69) is 0 Å². The maximum Gasteiger partial charge on any atom is 0.339 e. The fourth-order valence-corrected chi connectivity index (χ4v) is 3.24. The minimum atomic E-state index is -3.68. The Morgan fingerprint density at radius 3 is 2.23 bits per heavy atom. The number of sulfonamides is 1. The molecule has 7 heteroatoms. The summed E-state index contributed by atoms with van der Waals surface area (Å²) in [5.41, 5.74) is 1.11. The van der Waals surface area contributed by atoms with Crippen molar-refractivity contribution >= 4 is 21.8 Å². The smallest absolute Gasteiger partial charge is 0.339 e. The van der Waals surface area contributed by atoms with Gasteiger partial charge in [-0.15, -0.1) is 0 Å². The van der Waals surface area contributed by atoms with Crippen LogP contribution in [0, 0.1) is 6.92 Å². The molecule has 0 spiro atoms. The van der Waals surface area contributed by atoms with Crippen molar-refractivity contribution in [3.05, 3.63) is 65.2 Å². The topological polar surface area (TPSA) is 80.8 Å². The predicted octanol–water partition coefficient (Wildman–Crippen LogP) is 2.67. The molecule has 0 radical (unpaired) electrons. The fourth-order valence-electron chi connectivity index (χ4n) is 2.31. The molecule has 0 saturated carbocycles. The first-order valence-electron chi connectivity index (χ1n) is 7.98. The summed E-state index contributed by atoms with van der Waals surface area (Å²) in [5.74, 6) is -1.07. The average molecular weight is 375 g/mol. The molecule has 0 aliphatic heterocycles. The van der Waals surface area contributed by atoms with E-state index in [4.69, 9.17) is 4.74 Å². The van der Waals surface area contributed by atoms with Crippen molar-refractivity contribution in [3.63, 3.8) is 0 Å². The zero-order valence-corrected chi connectivity index (χ0v) is 15.9. The number of aryl methyl sites for hydroxylation is 1. The van der Waals surface area contributed by atoms with Crippen LogP contribution in [0.5, 0.6) is 0 Å². The maximum absolute atomic E-state index is 12.5. The molecule has 2 aromatic carbocycles. The molecule has 1 atom stereocenters. The molecule has 0 unspecified atom stereocenters. The van der Waals surface area contributed by atoms with Crippen molar-refractivity contribution in [2.75, 3.05) is 14.1 Å². The molecule has 0 aliphatic rings. The zero-order chi connectivity index (χ0) is 19.5. The van der Waals surface area contributed by atoms with Gasteiger partial charge in [0, 0.05) is 19.7 Å². The monoisotopic (exact) mass is 375 g/mol. The third-order valence-corrected chi connectivity index (χ3v) is 5.73. The number of nitrogens with zero attached hydrogens (tertiary/aromatic N) is 1. The molecule has 26 heavy (non-hydrogen) atoms.